The molecule has 0 N–H and O–H groups in total. The summed E-state index contributed by atoms with van der Waals surface area (Å²) < 4.78 is 39.6. The number of fused-ring (bicyclic) bond motifs is 1. The monoisotopic (exact) mass is 459 g/mol. The summed E-state index contributed by atoms with van der Waals surface area (Å²) in [5.74, 6) is 0.319. The lowest BCUT2D eigenvalue weighted by Crippen LogP contribution is -2.17. The van der Waals surface area contributed by atoms with E-state index < -0.39 is 11.7 Å². The van der Waals surface area contributed by atoms with Gasteiger partial charge in [-0.3, -0.25) is 5.01 Å². The average molecular weight is 460 g/mol. The number of nitrogens with zero attached hydrogens (tertiary/aromatic N) is 5. The maximum atomic E-state index is 12.8. The number of hydrazone groups is 1. The minimum atomic E-state index is -4.47. The predicted molar refractivity (Wildman–Crippen MR) is 98.9 cm³/mol. The van der Waals surface area contributed by atoms with Crippen molar-refractivity contribution >= 4 is 49.5 Å². The molecule has 5 nitrogen and oxygen atoms in total. The Balaban J connectivity index is 1.76. The number of benzene rings is 1. The van der Waals surface area contributed by atoms with Crippen LogP contribution in [0, 0.1) is 11.3 Å². The Hall–Kier alpha value is -1.77. The lowest BCUT2D eigenvalue weighted by atomic mass is 10.1. The van der Waals surface area contributed by atoms with Crippen LogP contribution in [0.25, 0.3) is 0 Å². The highest BCUT2D eigenvalue weighted by molar-refractivity contribution is 9.10. The van der Waals surface area contributed by atoms with E-state index in [-0.39, 0.29) is 5.56 Å². The van der Waals surface area contributed by atoms with Crippen molar-refractivity contribution in [2.45, 2.75) is 17.0 Å². The van der Waals surface area contributed by atoms with Crippen molar-refractivity contribution in [1.29, 1.82) is 5.26 Å². The van der Waals surface area contributed by atoms with Crippen molar-refractivity contribution in [3.05, 3.63) is 45.6 Å². The van der Waals surface area contributed by atoms with Crippen molar-refractivity contribution in [3.63, 3.8) is 0 Å². The highest BCUT2D eigenvalue weighted by atomic mass is 79.9. The predicted octanol–water partition coefficient (Wildman–Crippen LogP) is 4.88. The standard InChI is InChI=1S/C15H9BrF3N5S2/c1-24-11-5-12(16)21-22-13(11)26-14(23-24)25-7-8-2-3-10(15(17,18)19)4-9(8)6-20/h2-5H,7H2,1H3. The summed E-state index contributed by atoms with van der Waals surface area (Å²) in [7, 11) is 1.77. The number of alkyl halides is 3. The Morgan fingerprint density at radius 2 is 2.08 bits per heavy atom. The molecule has 0 saturated heterocycles. The molecular formula is C15H9BrF3N5S2. The van der Waals surface area contributed by atoms with Crippen molar-refractivity contribution in [2.24, 2.45) is 5.10 Å². The van der Waals surface area contributed by atoms with Crippen molar-refractivity contribution in [1.82, 2.24) is 10.2 Å². The lowest BCUT2D eigenvalue weighted by Gasteiger charge is -2.22. The molecule has 2 heterocycles. The first-order chi connectivity index (χ1) is 12.3. The number of thioether (sulfide) groups is 2. The molecule has 134 valence electrons. The summed E-state index contributed by atoms with van der Waals surface area (Å²) in [5.41, 5.74) is 0.491. The number of hydrogen-bond donors (Lipinski definition) is 0. The first-order valence-corrected chi connectivity index (χ1v) is 9.64. The third-order valence-electron chi connectivity index (χ3n) is 3.38. The van der Waals surface area contributed by atoms with Crippen molar-refractivity contribution < 1.29 is 13.2 Å². The molecule has 1 aliphatic rings. The second kappa shape index (κ2) is 7.46. The summed E-state index contributed by atoms with van der Waals surface area (Å²) in [5, 5.41) is 24.0. The van der Waals surface area contributed by atoms with Gasteiger partial charge in [0, 0.05) is 18.9 Å². The average Bonchev–Trinajstić information content (AvgIpc) is 2.59. The second-order valence-corrected chi connectivity index (χ2v) is 8.13. The molecule has 0 unspecified atom stereocenters. The summed E-state index contributed by atoms with van der Waals surface area (Å²) in [4.78, 5) is 0. The van der Waals surface area contributed by atoms with Gasteiger partial charge >= 0.3 is 6.18 Å². The van der Waals surface area contributed by atoms with Crippen LogP contribution in [0.3, 0.4) is 0 Å². The van der Waals surface area contributed by atoms with E-state index in [1.54, 1.807) is 18.1 Å². The highest BCUT2D eigenvalue weighted by Gasteiger charge is 2.31. The molecule has 0 fully saturated rings. The molecule has 0 atom stereocenters. The summed E-state index contributed by atoms with van der Waals surface area (Å²) in [6.45, 7) is 0. The Morgan fingerprint density at radius 1 is 1.31 bits per heavy atom. The first kappa shape index (κ1) is 19.0. The number of hydrogen-bond acceptors (Lipinski definition) is 7. The number of rotatable bonds is 2. The molecule has 3 rings (SSSR count). The largest absolute Gasteiger partial charge is 0.416 e. The van der Waals surface area contributed by atoms with Crippen LogP contribution in [0.5, 0.6) is 0 Å². The fourth-order valence-electron chi connectivity index (χ4n) is 2.11. The number of aromatic nitrogens is 2. The van der Waals surface area contributed by atoms with E-state index in [4.69, 9.17) is 5.26 Å². The Kier molecular flexibility index (Phi) is 5.45. The van der Waals surface area contributed by atoms with Crippen LogP contribution < -0.4 is 5.01 Å². The number of nitriles is 1. The Labute approximate surface area is 163 Å². The van der Waals surface area contributed by atoms with Gasteiger partial charge in [-0.1, -0.05) is 17.8 Å². The van der Waals surface area contributed by atoms with E-state index in [0.29, 0.717) is 25.3 Å². The van der Waals surface area contributed by atoms with Gasteiger partial charge in [0.05, 0.1) is 22.9 Å². The fourth-order valence-corrected chi connectivity index (χ4v) is 4.47. The van der Waals surface area contributed by atoms with E-state index in [9.17, 15) is 13.2 Å². The van der Waals surface area contributed by atoms with Crippen LogP contribution in [-0.2, 0) is 11.9 Å². The Morgan fingerprint density at radius 3 is 2.77 bits per heavy atom. The van der Waals surface area contributed by atoms with E-state index in [1.165, 1.54) is 29.6 Å². The van der Waals surface area contributed by atoms with Crippen LogP contribution in [0.2, 0.25) is 0 Å². The molecule has 1 aromatic heterocycles. The van der Waals surface area contributed by atoms with Crippen LogP contribution in [0.4, 0.5) is 18.9 Å². The van der Waals surface area contributed by atoms with Gasteiger partial charge in [-0.15, -0.1) is 10.2 Å². The maximum absolute atomic E-state index is 12.8. The third-order valence-corrected chi connectivity index (χ3v) is 5.90. The third kappa shape index (κ3) is 4.13. The zero-order valence-corrected chi connectivity index (χ0v) is 16.3. The van der Waals surface area contributed by atoms with Gasteiger partial charge in [0.15, 0.2) is 9.40 Å². The lowest BCUT2D eigenvalue weighted by molar-refractivity contribution is -0.137. The highest BCUT2D eigenvalue weighted by Crippen LogP contribution is 2.38. The van der Waals surface area contributed by atoms with Crippen LogP contribution in [0.1, 0.15) is 16.7 Å². The van der Waals surface area contributed by atoms with Crippen molar-refractivity contribution in [3.8, 4) is 6.07 Å². The smallest absolute Gasteiger partial charge is 0.264 e. The molecular weight excluding hydrogens is 451 g/mol. The van der Waals surface area contributed by atoms with Crippen LogP contribution >= 0.6 is 39.5 Å². The number of halogens is 4. The summed E-state index contributed by atoms with van der Waals surface area (Å²) >= 11 is 5.90. The summed E-state index contributed by atoms with van der Waals surface area (Å²) in [6, 6.07) is 6.81. The van der Waals surface area contributed by atoms with Gasteiger partial charge in [-0.05, 0) is 45.4 Å². The van der Waals surface area contributed by atoms with Crippen molar-refractivity contribution in [2.75, 3.05) is 12.1 Å². The molecule has 26 heavy (non-hydrogen) atoms. The number of anilines is 1. The van der Waals surface area contributed by atoms with Gasteiger partial charge in [-0.25, -0.2) is 0 Å². The molecule has 0 aliphatic carbocycles. The molecule has 0 amide bonds. The minimum Gasteiger partial charge on any atom is -0.264 e. The van der Waals surface area contributed by atoms with E-state index >= 15 is 0 Å². The molecule has 0 spiro atoms. The molecule has 0 saturated carbocycles. The minimum absolute atomic E-state index is 0.00575. The van der Waals surface area contributed by atoms with Gasteiger partial charge in [0.2, 0.25) is 0 Å². The molecule has 1 aromatic carbocycles. The molecule has 11 heteroatoms. The molecule has 0 bridgehead atoms. The zero-order chi connectivity index (χ0) is 18.9. The molecule has 2 aromatic rings. The normalized spacial score (nSPS) is 13.8. The van der Waals surface area contributed by atoms with Gasteiger partial charge in [-0.2, -0.15) is 23.5 Å². The molecule has 0 radical (unpaired) electrons. The van der Waals surface area contributed by atoms with E-state index in [1.807, 2.05) is 6.07 Å². The van der Waals surface area contributed by atoms with Gasteiger partial charge in [0.25, 0.3) is 0 Å². The Bertz CT molecular complexity index is 926. The molecule has 1 aliphatic heterocycles. The maximum Gasteiger partial charge on any atom is 0.416 e. The summed E-state index contributed by atoms with van der Waals surface area (Å²) in [6.07, 6.45) is -4.47. The fraction of sp³-hybridized carbons (Fsp3) is 0.200. The van der Waals surface area contributed by atoms with Gasteiger partial charge in [0.1, 0.15) is 4.60 Å². The topological polar surface area (TPSA) is 65.2 Å². The SMILES string of the molecule is CN1N=C(SCc2ccc(C(F)(F)F)cc2C#N)Sc2nnc(Br)cc21. The van der Waals surface area contributed by atoms with E-state index in [2.05, 4.69) is 31.2 Å². The van der Waals surface area contributed by atoms with Crippen LogP contribution in [-0.4, -0.2) is 21.6 Å². The quantitative estimate of drug-likeness (QED) is 0.637. The van der Waals surface area contributed by atoms with Gasteiger partial charge < -0.3 is 0 Å². The van der Waals surface area contributed by atoms with E-state index in [0.717, 1.165) is 17.8 Å². The van der Waals surface area contributed by atoms with Crippen LogP contribution in [0.15, 0.2) is 39.0 Å². The first-order valence-electron chi connectivity index (χ1n) is 7.04. The zero-order valence-electron chi connectivity index (χ0n) is 13.1. The second-order valence-electron chi connectivity index (χ2n) is 5.12.